The van der Waals surface area contributed by atoms with E-state index in [0.717, 1.165) is 19.4 Å². The summed E-state index contributed by atoms with van der Waals surface area (Å²) < 4.78 is 0. The van der Waals surface area contributed by atoms with Gasteiger partial charge in [-0.2, -0.15) is 0 Å². The maximum absolute atomic E-state index is 12.0. The van der Waals surface area contributed by atoms with Crippen molar-refractivity contribution in [1.82, 2.24) is 4.90 Å². The van der Waals surface area contributed by atoms with Crippen LogP contribution in [0.5, 0.6) is 0 Å². The molecule has 1 aliphatic heterocycles. The van der Waals surface area contributed by atoms with Gasteiger partial charge in [0.05, 0.1) is 6.04 Å². The van der Waals surface area contributed by atoms with Gasteiger partial charge >= 0.3 is 5.97 Å². The lowest BCUT2D eigenvalue weighted by Gasteiger charge is -2.40. The predicted molar refractivity (Wildman–Crippen MR) is 114 cm³/mol. The van der Waals surface area contributed by atoms with Crippen LogP contribution in [0.3, 0.4) is 0 Å². The van der Waals surface area contributed by atoms with Crippen molar-refractivity contribution in [3.05, 3.63) is 82.9 Å². The molecule has 0 spiro atoms. The van der Waals surface area contributed by atoms with Crippen LogP contribution in [0.2, 0.25) is 0 Å². The lowest BCUT2D eigenvalue weighted by atomic mass is 9.88. The van der Waals surface area contributed by atoms with E-state index in [1.165, 1.54) is 33.0 Å². The van der Waals surface area contributed by atoms with Gasteiger partial charge in [-0.25, -0.2) is 0 Å². The fourth-order valence-corrected chi connectivity index (χ4v) is 4.59. The van der Waals surface area contributed by atoms with Gasteiger partial charge in [-0.3, -0.25) is 9.69 Å². The number of hydrogen-bond acceptors (Lipinski definition) is 2. The van der Waals surface area contributed by atoms with Gasteiger partial charge in [-0.1, -0.05) is 66.6 Å². The maximum Gasteiger partial charge on any atom is 0.320 e. The highest BCUT2D eigenvalue weighted by molar-refractivity contribution is 5.83. The summed E-state index contributed by atoms with van der Waals surface area (Å²) in [5.74, 6) is -0.713. The number of aliphatic carboxylic acids is 1. The quantitative estimate of drug-likeness (QED) is 0.658. The third-order valence-corrected chi connectivity index (χ3v) is 5.97. The van der Waals surface area contributed by atoms with Crippen molar-refractivity contribution in [2.45, 2.75) is 45.2 Å². The van der Waals surface area contributed by atoms with Gasteiger partial charge in [-0.15, -0.1) is 0 Å². The molecular formula is C25H27NO2. The first-order chi connectivity index (χ1) is 13.5. The monoisotopic (exact) mass is 373 g/mol. The molecule has 0 amide bonds. The highest BCUT2D eigenvalue weighted by Gasteiger charge is 2.35. The Balaban J connectivity index is 1.88. The molecule has 3 aromatic carbocycles. The van der Waals surface area contributed by atoms with Crippen LogP contribution >= 0.6 is 0 Å². The second-order valence-corrected chi connectivity index (χ2v) is 7.96. The molecule has 1 saturated heterocycles. The summed E-state index contributed by atoms with van der Waals surface area (Å²) in [5.41, 5.74) is 4.81. The van der Waals surface area contributed by atoms with Gasteiger partial charge in [0.2, 0.25) is 0 Å². The molecule has 2 unspecified atom stereocenters. The van der Waals surface area contributed by atoms with Crippen LogP contribution in [0.4, 0.5) is 0 Å². The molecule has 0 saturated carbocycles. The number of aryl methyl sites for hydroxylation is 2. The second-order valence-electron chi connectivity index (χ2n) is 7.96. The summed E-state index contributed by atoms with van der Waals surface area (Å²) in [5, 5.41) is 12.3. The molecule has 0 radical (unpaired) electrons. The predicted octanol–water partition coefficient (Wildman–Crippen LogP) is 5.49. The minimum atomic E-state index is -0.713. The largest absolute Gasteiger partial charge is 0.480 e. The van der Waals surface area contributed by atoms with Crippen LogP contribution in [0.15, 0.2) is 60.7 Å². The number of nitrogens with zero attached hydrogens (tertiary/aromatic N) is 1. The molecule has 0 aromatic heterocycles. The Kier molecular flexibility index (Phi) is 5.19. The molecule has 4 rings (SSSR count). The van der Waals surface area contributed by atoms with Gasteiger partial charge in [-0.05, 0) is 66.8 Å². The Bertz CT molecular complexity index is 1010. The topological polar surface area (TPSA) is 40.5 Å². The molecule has 1 heterocycles. The lowest BCUT2D eigenvalue weighted by molar-refractivity contribution is -0.145. The highest BCUT2D eigenvalue weighted by Crippen LogP contribution is 2.37. The van der Waals surface area contributed by atoms with Crippen LogP contribution in [0, 0.1) is 13.8 Å². The smallest absolute Gasteiger partial charge is 0.320 e. The van der Waals surface area contributed by atoms with E-state index < -0.39 is 12.0 Å². The number of benzene rings is 3. The second kappa shape index (κ2) is 7.76. The molecule has 144 valence electrons. The van der Waals surface area contributed by atoms with Gasteiger partial charge < -0.3 is 5.11 Å². The molecule has 1 aliphatic rings. The van der Waals surface area contributed by atoms with Gasteiger partial charge in [0, 0.05) is 0 Å². The van der Waals surface area contributed by atoms with E-state index in [0.29, 0.717) is 6.42 Å². The van der Waals surface area contributed by atoms with Crippen LogP contribution in [-0.4, -0.2) is 28.6 Å². The third-order valence-electron chi connectivity index (χ3n) is 5.97. The first kappa shape index (κ1) is 18.7. The van der Waals surface area contributed by atoms with E-state index in [1.807, 2.05) is 0 Å². The number of likely N-dealkylation sites (tertiary alicyclic amines) is 1. The molecule has 3 nitrogen and oxygen atoms in total. The summed E-state index contributed by atoms with van der Waals surface area (Å²) in [6, 6.07) is 20.9. The third kappa shape index (κ3) is 3.55. The summed E-state index contributed by atoms with van der Waals surface area (Å²) >= 11 is 0. The zero-order chi connectivity index (χ0) is 19.7. The number of piperidine rings is 1. The van der Waals surface area contributed by atoms with Gasteiger partial charge in [0.1, 0.15) is 6.04 Å². The van der Waals surface area contributed by atoms with Crippen molar-refractivity contribution in [1.29, 1.82) is 0 Å². The molecule has 28 heavy (non-hydrogen) atoms. The fourth-order valence-electron chi connectivity index (χ4n) is 4.59. The normalized spacial score (nSPS) is 18.9. The zero-order valence-corrected chi connectivity index (χ0v) is 16.6. The summed E-state index contributed by atoms with van der Waals surface area (Å²) in [4.78, 5) is 14.2. The Morgan fingerprint density at radius 3 is 2.54 bits per heavy atom. The molecule has 0 bridgehead atoms. The summed E-state index contributed by atoms with van der Waals surface area (Å²) in [6.45, 7) is 5.04. The van der Waals surface area contributed by atoms with Crippen molar-refractivity contribution in [3.63, 3.8) is 0 Å². The minimum Gasteiger partial charge on any atom is -0.480 e. The van der Waals surface area contributed by atoms with Crippen LogP contribution in [0.1, 0.15) is 47.6 Å². The van der Waals surface area contributed by atoms with Crippen molar-refractivity contribution in [2.24, 2.45) is 0 Å². The molecule has 2 atom stereocenters. The van der Waals surface area contributed by atoms with E-state index in [9.17, 15) is 9.90 Å². The van der Waals surface area contributed by atoms with Gasteiger partial charge in [0.15, 0.2) is 0 Å². The van der Waals surface area contributed by atoms with E-state index in [1.54, 1.807) is 0 Å². The van der Waals surface area contributed by atoms with Crippen molar-refractivity contribution >= 4 is 16.7 Å². The van der Waals surface area contributed by atoms with Crippen molar-refractivity contribution in [2.75, 3.05) is 6.54 Å². The number of carbonyl (C=O) groups is 1. The van der Waals surface area contributed by atoms with Crippen LogP contribution in [0.25, 0.3) is 10.8 Å². The zero-order valence-electron chi connectivity index (χ0n) is 16.6. The Labute approximate surface area is 166 Å². The van der Waals surface area contributed by atoms with E-state index in [2.05, 4.69) is 79.4 Å². The minimum absolute atomic E-state index is 0.0494. The first-order valence-electron chi connectivity index (χ1n) is 10.1. The lowest BCUT2D eigenvalue weighted by Crippen LogP contribution is -2.47. The highest BCUT2D eigenvalue weighted by atomic mass is 16.4. The fraction of sp³-hybridized carbons (Fsp3) is 0.320. The number of rotatable bonds is 4. The van der Waals surface area contributed by atoms with E-state index in [-0.39, 0.29) is 6.04 Å². The van der Waals surface area contributed by atoms with Crippen LogP contribution in [-0.2, 0) is 4.79 Å². The number of hydrogen-bond donors (Lipinski definition) is 1. The van der Waals surface area contributed by atoms with Crippen LogP contribution < -0.4 is 0 Å². The standard InChI is InChI=1S/C25H27NO2/c1-17-10-13-22(18(2)15-17)24(26-14-6-5-9-23(26)25(27)28)21-12-11-19-7-3-4-8-20(19)16-21/h3-4,7-8,10-13,15-16,23-24H,5-6,9,14H2,1-2H3,(H,27,28). The maximum atomic E-state index is 12.0. The number of carboxylic acids is 1. The first-order valence-corrected chi connectivity index (χ1v) is 10.1. The number of carboxylic acid groups (broad SMARTS) is 1. The van der Waals surface area contributed by atoms with Gasteiger partial charge in [0.25, 0.3) is 0 Å². The average Bonchev–Trinajstić information content (AvgIpc) is 2.70. The van der Waals surface area contributed by atoms with Crippen molar-refractivity contribution < 1.29 is 9.90 Å². The number of fused-ring (bicyclic) bond motifs is 1. The molecule has 3 aromatic rings. The van der Waals surface area contributed by atoms with Crippen molar-refractivity contribution in [3.8, 4) is 0 Å². The summed E-state index contributed by atoms with van der Waals surface area (Å²) in [6.07, 6.45) is 2.73. The molecule has 1 N–H and O–H groups in total. The Hall–Kier alpha value is -2.65. The molecule has 0 aliphatic carbocycles. The Morgan fingerprint density at radius 1 is 1.00 bits per heavy atom. The van der Waals surface area contributed by atoms with E-state index in [4.69, 9.17) is 0 Å². The average molecular weight is 373 g/mol. The summed E-state index contributed by atoms with van der Waals surface area (Å²) in [7, 11) is 0. The molecule has 3 heteroatoms. The SMILES string of the molecule is Cc1ccc(C(c2ccc3ccccc3c2)N2CCCCC2C(=O)O)c(C)c1. The molecular weight excluding hydrogens is 346 g/mol. The van der Waals surface area contributed by atoms with E-state index >= 15 is 0 Å². The Morgan fingerprint density at radius 2 is 1.79 bits per heavy atom. The molecule has 1 fully saturated rings.